The number of amides is 1. The number of nitrogens with one attached hydrogen (secondary N) is 1. The summed E-state index contributed by atoms with van der Waals surface area (Å²) in [5.41, 5.74) is 2.98. The summed E-state index contributed by atoms with van der Waals surface area (Å²) < 4.78 is 18.5. The summed E-state index contributed by atoms with van der Waals surface area (Å²) in [6.07, 6.45) is 0. The first-order valence-electron chi connectivity index (χ1n) is 6.49. The third-order valence-corrected chi connectivity index (χ3v) is 3.04. The number of benzene rings is 2. The van der Waals surface area contributed by atoms with Crippen molar-refractivity contribution in [1.29, 1.82) is 0 Å². The maximum atomic E-state index is 13.5. The Morgan fingerprint density at radius 3 is 2.59 bits per heavy atom. The van der Waals surface area contributed by atoms with Crippen molar-refractivity contribution < 1.29 is 19.0 Å². The van der Waals surface area contributed by atoms with Crippen LogP contribution in [0.25, 0.3) is 0 Å². The predicted octanol–water partition coefficient (Wildman–Crippen LogP) is 2.69. The number of phenolic OH excluding ortho intramolecular Hbond substituents is 1. The highest BCUT2D eigenvalue weighted by Gasteiger charge is 2.11. The normalized spacial score (nSPS) is 11.1. The fraction of sp³-hybridized carbons (Fsp3) is 0.125. The lowest BCUT2D eigenvalue weighted by Crippen LogP contribution is -2.20. The van der Waals surface area contributed by atoms with Gasteiger partial charge in [0.1, 0.15) is 17.3 Å². The Balaban J connectivity index is 2.16. The standard InChI is InChI=1S/C16H15FN2O3/c1-10(12-8-7-11(22-2)9-15(12)20)18-19-16(21)13-5-3-4-6-14(13)17/h3-9,20H,1-2H3,(H,19,21)/b18-10+. The van der Waals surface area contributed by atoms with Crippen molar-refractivity contribution >= 4 is 11.6 Å². The molecule has 22 heavy (non-hydrogen) atoms. The maximum Gasteiger partial charge on any atom is 0.274 e. The highest BCUT2D eigenvalue weighted by atomic mass is 19.1. The third-order valence-electron chi connectivity index (χ3n) is 3.04. The molecular weight excluding hydrogens is 287 g/mol. The molecule has 0 aliphatic rings. The molecule has 0 aromatic heterocycles. The van der Waals surface area contributed by atoms with E-state index in [1.807, 2.05) is 0 Å². The molecule has 5 nitrogen and oxygen atoms in total. The summed E-state index contributed by atoms with van der Waals surface area (Å²) in [7, 11) is 1.49. The fourth-order valence-corrected chi connectivity index (χ4v) is 1.84. The average molecular weight is 302 g/mol. The van der Waals surface area contributed by atoms with E-state index in [1.54, 1.807) is 25.1 Å². The number of rotatable bonds is 4. The molecule has 0 saturated heterocycles. The second kappa shape index (κ2) is 6.71. The van der Waals surface area contributed by atoms with Crippen LogP contribution in [0.15, 0.2) is 47.6 Å². The molecule has 0 radical (unpaired) electrons. The number of aromatic hydroxyl groups is 1. The quantitative estimate of drug-likeness (QED) is 0.674. The van der Waals surface area contributed by atoms with Crippen molar-refractivity contribution in [1.82, 2.24) is 5.43 Å². The van der Waals surface area contributed by atoms with Crippen LogP contribution in [0.3, 0.4) is 0 Å². The van der Waals surface area contributed by atoms with Gasteiger partial charge in [0.2, 0.25) is 0 Å². The molecule has 0 fully saturated rings. The molecule has 1 amide bonds. The van der Waals surface area contributed by atoms with Crippen molar-refractivity contribution in [2.24, 2.45) is 5.10 Å². The van der Waals surface area contributed by atoms with E-state index in [1.165, 1.54) is 31.4 Å². The monoisotopic (exact) mass is 302 g/mol. The van der Waals surface area contributed by atoms with Gasteiger partial charge in [0.05, 0.1) is 18.4 Å². The zero-order valence-electron chi connectivity index (χ0n) is 12.1. The molecule has 2 N–H and O–H groups in total. The van der Waals surface area contributed by atoms with Crippen molar-refractivity contribution in [3.8, 4) is 11.5 Å². The largest absolute Gasteiger partial charge is 0.507 e. The Morgan fingerprint density at radius 2 is 1.95 bits per heavy atom. The fourth-order valence-electron chi connectivity index (χ4n) is 1.84. The van der Waals surface area contributed by atoms with Crippen LogP contribution < -0.4 is 10.2 Å². The number of methoxy groups -OCH3 is 1. The molecule has 0 bridgehead atoms. The number of carbonyl (C=O) groups excluding carboxylic acids is 1. The van der Waals surface area contributed by atoms with Crippen molar-refractivity contribution in [3.63, 3.8) is 0 Å². The number of ether oxygens (including phenoxy) is 1. The van der Waals surface area contributed by atoms with Crippen LogP contribution in [0, 0.1) is 5.82 Å². The molecule has 6 heteroatoms. The van der Waals surface area contributed by atoms with Crippen molar-refractivity contribution in [3.05, 3.63) is 59.4 Å². The first kappa shape index (κ1) is 15.5. The van der Waals surface area contributed by atoms with Gasteiger partial charge in [-0.3, -0.25) is 4.79 Å². The van der Waals surface area contributed by atoms with Crippen LogP contribution in [0.2, 0.25) is 0 Å². The third kappa shape index (κ3) is 3.41. The molecule has 0 atom stereocenters. The van der Waals surface area contributed by atoms with Gasteiger partial charge in [-0.05, 0) is 31.2 Å². The summed E-state index contributed by atoms with van der Waals surface area (Å²) in [6, 6.07) is 10.3. The number of hydrogen-bond acceptors (Lipinski definition) is 4. The Labute approximate surface area is 127 Å². The van der Waals surface area contributed by atoms with Gasteiger partial charge in [-0.2, -0.15) is 5.10 Å². The Morgan fingerprint density at radius 1 is 1.23 bits per heavy atom. The van der Waals surface area contributed by atoms with E-state index in [-0.39, 0.29) is 11.3 Å². The SMILES string of the molecule is COc1ccc(/C(C)=N/NC(=O)c2ccccc2F)c(O)c1. The Kier molecular flexibility index (Phi) is 4.73. The van der Waals surface area contributed by atoms with E-state index in [0.717, 1.165) is 0 Å². The summed E-state index contributed by atoms with van der Waals surface area (Å²) >= 11 is 0. The van der Waals surface area contributed by atoms with Crippen LogP contribution in [0.5, 0.6) is 11.5 Å². The highest BCUT2D eigenvalue weighted by molar-refractivity contribution is 6.02. The van der Waals surface area contributed by atoms with E-state index < -0.39 is 11.7 Å². The first-order valence-corrected chi connectivity index (χ1v) is 6.49. The minimum atomic E-state index is -0.662. The summed E-state index contributed by atoms with van der Waals surface area (Å²) in [6.45, 7) is 1.61. The van der Waals surface area contributed by atoms with Crippen LogP contribution in [-0.2, 0) is 0 Å². The Hall–Kier alpha value is -2.89. The molecule has 114 valence electrons. The number of carbonyl (C=O) groups is 1. The van der Waals surface area contributed by atoms with Crippen LogP contribution >= 0.6 is 0 Å². The second-order valence-electron chi connectivity index (χ2n) is 4.50. The molecule has 0 unspecified atom stereocenters. The summed E-state index contributed by atoms with van der Waals surface area (Å²) in [5.74, 6) is -0.809. The molecular formula is C16H15FN2O3. The second-order valence-corrected chi connectivity index (χ2v) is 4.50. The topological polar surface area (TPSA) is 70.9 Å². The maximum absolute atomic E-state index is 13.5. The number of nitrogens with zero attached hydrogens (tertiary/aromatic N) is 1. The zero-order chi connectivity index (χ0) is 16.1. The van der Waals surface area contributed by atoms with Crippen molar-refractivity contribution in [2.75, 3.05) is 7.11 Å². The van der Waals surface area contributed by atoms with Gasteiger partial charge < -0.3 is 9.84 Å². The summed E-state index contributed by atoms with van der Waals surface area (Å²) in [4.78, 5) is 11.8. The lowest BCUT2D eigenvalue weighted by molar-refractivity contribution is 0.0951. The smallest absolute Gasteiger partial charge is 0.274 e. The first-order chi connectivity index (χ1) is 10.5. The van der Waals surface area contributed by atoms with Crippen molar-refractivity contribution in [2.45, 2.75) is 6.92 Å². The molecule has 0 saturated carbocycles. The number of hydrazone groups is 1. The summed E-state index contributed by atoms with van der Waals surface area (Å²) in [5, 5.41) is 13.8. The van der Waals surface area contributed by atoms with E-state index in [0.29, 0.717) is 17.0 Å². The van der Waals surface area contributed by atoms with Gasteiger partial charge >= 0.3 is 0 Å². The molecule has 2 aromatic carbocycles. The van der Waals surface area contributed by atoms with Crippen LogP contribution in [0.4, 0.5) is 4.39 Å². The van der Waals surface area contributed by atoms with Gasteiger partial charge in [0.15, 0.2) is 0 Å². The molecule has 0 aliphatic carbocycles. The van der Waals surface area contributed by atoms with E-state index in [9.17, 15) is 14.3 Å². The lowest BCUT2D eigenvalue weighted by atomic mass is 10.1. The average Bonchev–Trinajstić information content (AvgIpc) is 2.52. The minimum absolute atomic E-state index is 0.0271. The number of halogens is 1. The van der Waals surface area contributed by atoms with Gasteiger partial charge in [-0.25, -0.2) is 9.82 Å². The lowest BCUT2D eigenvalue weighted by Gasteiger charge is -2.07. The molecule has 2 rings (SSSR count). The minimum Gasteiger partial charge on any atom is -0.507 e. The van der Waals surface area contributed by atoms with Gasteiger partial charge in [0.25, 0.3) is 5.91 Å². The molecule has 2 aromatic rings. The van der Waals surface area contributed by atoms with E-state index >= 15 is 0 Å². The Bertz CT molecular complexity index is 729. The van der Waals surface area contributed by atoms with Crippen LogP contribution in [0.1, 0.15) is 22.8 Å². The molecule has 0 heterocycles. The molecule has 0 spiro atoms. The highest BCUT2D eigenvalue weighted by Crippen LogP contribution is 2.23. The van der Waals surface area contributed by atoms with Crippen LogP contribution in [-0.4, -0.2) is 23.8 Å². The van der Waals surface area contributed by atoms with E-state index in [4.69, 9.17) is 4.74 Å². The van der Waals surface area contributed by atoms with Gasteiger partial charge in [-0.15, -0.1) is 0 Å². The van der Waals surface area contributed by atoms with Gasteiger partial charge in [0, 0.05) is 11.6 Å². The number of hydrogen-bond donors (Lipinski definition) is 2. The zero-order valence-corrected chi connectivity index (χ0v) is 12.1. The predicted molar refractivity (Wildman–Crippen MR) is 80.7 cm³/mol. The van der Waals surface area contributed by atoms with Gasteiger partial charge in [-0.1, -0.05) is 12.1 Å². The number of phenols is 1. The molecule has 0 aliphatic heterocycles. The van der Waals surface area contributed by atoms with E-state index in [2.05, 4.69) is 10.5 Å².